The molecule has 1 saturated heterocycles. The number of carbonyl (C=O) groups is 1. The predicted molar refractivity (Wildman–Crippen MR) is 47.7 cm³/mol. The molecule has 2 nitrogen and oxygen atoms in total. The van der Waals surface area contributed by atoms with Gasteiger partial charge in [0.15, 0.2) is 0 Å². The van der Waals surface area contributed by atoms with Crippen LogP contribution >= 0.6 is 0 Å². The van der Waals surface area contributed by atoms with Crippen LogP contribution in [-0.4, -0.2) is 30.8 Å². The van der Waals surface area contributed by atoms with E-state index < -0.39 is 0 Å². The summed E-state index contributed by atoms with van der Waals surface area (Å²) in [6, 6.07) is 0. The molecule has 0 radical (unpaired) electrons. The van der Waals surface area contributed by atoms with Gasteiger partial charge in [-0.1, -0.05) is 20.3 Å². The van der Waals surface area contributed by atoms with Crippen LogP contribution < -0.4 is 0 Å². The fraction of sp³-hybridized carbons (Fsp3) is 0.889. The lowest BCUT2D eigenvalue weighted by molar-refractivity contribution is -0.109. The summed E-state index contributed by atoms with van der Waals surface area (Å²) in [5.74, 6) is 0. The van der Waals surface area contributed by atoms with Gasteiger partial charge < -0.3 is 4.79 Å². The van der Waals surface area contributed by atoms with Crippen molar-refractivity contribution in [2.45, 2.75) is 33.1 Å². The molecule has 11 heavy (non-hydrogen) atoms. The van der Waals surface area contributed by atoms with Crippen LogP contribution in [0.2, 0.25) is 0 Å². The third-order valence-electron chi connectivity index (χ3n) is 1.78. The molecule has 0 aromatic heterocycles. The van der Waals surface area contributed by atoms with Gasteiger partial charge in [0.25, 0.3) is 0 Å². The summed E-state index contributed by atoms with van der Waals surface area (Å²) in [7, 11) is 0. The fourth-order valence-corrected chi connectivity index (χ4v) is 1.25. The molecule has 0 aromatic rings. The standard InChI is InChI=1S/C7H13NO.C2H6/c9-7-6-8-4-2-1-3-5-8;1-2/h7H,1-6H2;1-2H3. The molecule has 1 heterocycles. The summed E-state index contributed by atoms with van der Waals surface area (Å²) in [6.07, 6.45) is 4.88. The molecule has 1 aliphatic rings. The van der Waals surface area contributed by atoms with Crippen LogP contribution in [0.5, 0.6) is 0 Å². The molecule has 0 amide bonds. The Hall–Kier alpha value is -0.370. The van der Waals surface area contributed by atoms with Crippen LogP contribution in [0.3, 0.4) is 0 Å². The summed E-state index contributed by atoms with van der Waals surface area (Å²) >= 11 is 0. The second kappa shape index (κ2) is 7.73. The number of rotatable bonds is 2. The zero-order valence-electron chi connectivity index (χ0n) is 7.68. The first-order valence-electron chi connectivity index (χ1n) is 4.59. The van der Waals surface area contributed by atoms with Crippen LogP contribution in [0.25, 0.3) is 0 Å². The maximum atomic E-state index is 10.0. The molecule has 0 aliphatic carbocycles. The zero-order valence-corrected chi connectivity index (χ0v) is 7.68. The Labute approximate surface area is 69.6 Å². The lowest BCUT2D eigenvalue weighted by Gasteiger charge is -2.23. The average Bonchev–Trinajstić information content (AvgIpc) is 2.11. The van der Waals surface area contributed by atoms with E-state index in [0.717, 1.165) is 19.4 Å². The minimum absolute atomic E-state index is 0.639. The normalized spacial score (nSPS) is 18.4. The van der Waals surface area contributed by atoms with E-state index in [9.17, 15) is 4.79 Å². The lowest BCUT2D eigenvalue weighted by Crippen LogP contribution is -2.31. The molecule has 2 heteroatoms. The Kier molecular flexibility index (Phi) is 7.47. The van der Waals surface area contributed by atoms with Gasteiger partial charge in [0.2, 0.25) is 0 Å². The Morgan fingerprint density at radius 2 is 1.73 bits per heavy atom. The van der Waals surface area contributed by atoms with Gasteiger partial charge in [-0.2, -0.15) is 0 Å². The summed E-state index contributed by atoms with van der Waals surface area (Å²) in [4.78, 5) is 12.2. The molecule has 0 bridgehead atoms. The number of hydrogen-bond acceptors (Lipinski definition) is 2. The van der Waals surface area contributed by atoms with E-state index in [1.165, 1.54) is 19.3 Å². The largest absolute Gasteiger partial charge is 0.302 e. The van der Waals surface area contributed by atoms with Crippen LogP contribution in [-0.2, 0) is 4.79 Å². The molecule has 0 aromatic carbocycles. The summed E-state index contributed by atoms with van der Waals surface area (Å²) in [5, 5.41) is 0. The molecule has 66 valence electrons. The molecule has 0 N–H and O–H groups in total. The second-order valence-electron chi connectivity index (χ2n) is 2.53. The predicted octanol–water partition coefficient (Wildman–Crippen LogP) is 1.70. The Bertz CT molecular complexity index is 87.6. The number of carbonyl (C=O) groups excluding carboxylic acids is 1. The molecule has 1 rings (SSSR count). The van der Waals surface area contributed by atoms with Gasteiger partial charge in [-0.25, -0.2) is 0 Å². The highest BCUT2D eigenvalue weighted by molar-refractivity contribution is 5.51. The molecule has 1 aliphatic heterocycles. The average molecular weight is 157 g/mol. The van der Waals surface area contributed by atoms with E-state index in [4.69, 9.17) is 0 Å². The number of aldehydes is 1. The van der Waals surface area contributed by atoms with Crippen LogP contribution in [0.1, 0.15) is 33.1 Å². The highest BCUT2D eigenvalue weighted by atomic mass is 16.1. The van der Waals surface area contributed by atoms with Crippen molar-refractivity contribution in [3.05, 3.63) is 0 Å². The van der Waals surface area contributed by atoms with E-state index in [-0.39, 0.29) is 0 Å². The highest BCUT2D eigenvalue weighted by Crippen LogP contribution is 2.06. The van der Waals surface area contributed by atoms with E-state index in [0.29, 0.717) is 6.54 Å². The van der Waals surface area contributed by atoms with E-state index in [2.05, 4.69) is 4.90 Å². The molecule has 0 unspecified atom stereocenters. The van der Waals surface area contributed by atoms with Crippen molar-refractivity contribution >= 4 is 6.29 Å². The third kappa shape index (κ3) is 4.96. The van der Waals surface area contributed by atoms with Crippen molar-refractivity contribution in [2.75, 3.05) is 19.6 Å². The lowest BCUT2D eigenvalue weighted by atomic mass is 10.1. The summed E-state index contributed by atoms with van der Waals surface area (Å²) in [6.45, 7) is 6.89. The number of likely N-dealkylation sites (tertiary alicyclic amines) is 1. The quantitative estimate of drug-likeness (QED) is 0.569. The third-order valence-corrected chi connectivity index (χ3v) is 1.78. The first-order chi connectivity index (χ1) is 5.43. The first kappa shape index (κ1) is 10.6. The van der Waals surface area contributed by atoms with Crippen molar-refractivity contribution in [3.63, 3.8) is 0 Å². The maximum Gasteiger partial charge on any atom is 0.133 e. The van der Waals surface area contributed by atoms with Crippen molar-refractivity contribution < 1.29 is 4.79 Å². The van der Waals surface area contributed by atoms with Gasteiger partial charge in [0.05, 0.1) is 6.54 Å². The van der Waals surface area contributed by atoms with Gasteiger partial charge in [0.1, 0.15) is 6.29 Å². The van der Waals surface area contributed by atoms with Gasteiger partial charge in [0, 0.05) is 0 Å². The van der Waals surface area contributed by atoms with E-state index >= 15 is 0 Å². The van der Waals surface area contributed by atoms with E-state index in [1.807, 2.05) is 13.8 Å². The second-order valence-corrected chi connectivity index (χ2v) is 2.53. The SMILES string of the molecule is CC.O=CCN1CCCCC1. The Morgan fingerprint density at radius 1 is 1.18 bits per heavy atom. The minimum Gasteiger partial charge on any atom is -0.302 e. The topological polar surface area (TPSA) is 20.3 Å². The van der Waals surface area contributed by atoms with Gasteiger partial charge >= 0.3 is 0 Å². The number of piperidine rings is 1. The molecule has 1 fully saturated rings. The number of nitrogens with zero attached hydrogens (tertiary/aromatic N) is 1. The maximum absolute atomic E-state index is 10.0. The molecule has 0 saturated carbocycles. The highest BCUT2D eigenvalue weighted by Gasteiger charge is 2.07. The van der Waals surface area contributed by atoms with Crippen LogP contribution in [0, 0.1) is 0 Å². The van der Waals surface area contributed by atoms with Crippen molar-refractivity contribution in [2.24, 2.45) is 0 Å². The van der Waals surface area contributed by atoms with Crippen molar-refractivity contribution in [1.82, 2.24) is 4.90 Å². The smallest absolute Gasteiger partial charge is 0.133 e. The van der Waals surface area contributed by atoms with Crippen LogP contribution in [0.4, 0.5) is 0 Å². The van der Waals surface area contributed by atoms with E-state index in [1.54, 1.807) is 0 Å². The molecular weight excluding hydrogens is 138 g/mol. The summed E-state index contributed by atoms with van der Waals surface area (Å²) < 4.78 is 0. The molecule has 0 spiro atoms. The number of hydrogen-bond donors (Lipinski definition) is 0. The monoisotopic (exact) mass is 157 g/mol. The first-order valence-corrected chi connectivity index (χ1v) is 4.59. The van der Waals surface area contributed by atoms with Gasteiger partial charge in [-0.3, -0.25) is 4.90 Å². The minimum atomic E-state index is 0.639. The Balaban J connectivity index is 0.000000461. The van der Waals surface area contributed by atoms with Crippen molar-refractivity contribution in [3.8, 4) is 0 Å². The van der Waals surface area contributed by atoms with Gasteiger partial charge in [-0.05, 0) is 25.9 Å². The zero-order chi connectivity index (χ0) is 8.53. The van der Waals surface area contributed by atoms with Gasteiger partial charge in [-0.15, -0.1) is 0 Å². The molecule has 0 atom stereocenters. The van der Waals surface area contributed by atoms with Crippen molar-refractivity contribution in [1.29, 1.82) is 0 Å². The molecular formula is C9H19NO. The summed E-state index contributed by atoms with van der Waals surface area (Å²) in [5.41, 5.74) is 0. The van der Waals surface area contributed by atoms with Crippen LogP contribution in [0.15, 0.2) is 0 Å². The fourth-order valence-electron chi connectivity index (χ4n) is 1.25. The Morgan fingerprint density at radius 3 is 2.18 bits per heavy atom.